The first-order valence-electron chi connectivity index (χ1n) is 10.8. The van der Waals surface area contributed by atoms with Crippen molar-refractivity contribution in [2.24, 2.45) is 0 Å². The minimum Gasteiger partial charge on any atom is -0.493 e. The standard InChI is InChI=1S/C23H35N3O3/c1-28-21-9-8-20(16-22(21)29-2)17-25-12-14-26(15-13-25)18-23(27)24-11-10-19-6-4-3-5-7-19/h6,8-9,16H,3-5,7,10-15,17-18H2,1-2H3,(H,24,27). The number of carbonyl (C=O) groups excluding carboxylic acids is 1. The smallest absolute Gasteiger partial charge is 0.234 e. The van der Waals surface area contributed by atoms with E-state index in [2.05, 4.69) is 27.3 Å². The molecule has 1 amide bonds. The van der Waals surface area contributed by atoms with Gasteiger partial charge in [0.15, 0.2) is 11.5 Å². The number of piperazine rings is 1. The van der Waals surface area contributed by atoms with Crippen LogP contribution in [0.5, 0.6) is 11.5 Å². The molecule has 0 saturated carbocycles. The maximum Gasteiger partial charge on any atom is 0.234 e. The fraction of sp³-hybridized carbons (Fsp3) is 0.609. The zero-order valence-corrected chi connectivity index (χ0v) is 17.9. The Balaban J connectivity index is 1.35. The summed E-state index contributed by atoms with van der Waals surface area (Å²) in [4.78, 5) is 16.9. The molecule has 0 unspecified atom stereocenters. The minimum atomic E-state index is 0.148. The van der Waals surface area contributed by atoms with E-state index in [-0.39, 0.29) is 5.91 Å². The van der Waals surface area contributed by atoms with E-state index < -0.39 is 0 Å². The Labute approximate surface area is 174 Å². The Kier molecular flexibility index (Phi) is 8.38. The molecular weight excluding hydrogens is 366 g/mol. The van der Waals surface area contributed by atoms with Gasteiger partial charge in [-0.25, -0.2) is 0 Å². The summed E-state index contributed by atoms with van der Waals surface area (Å²) in [5, 5.41) is 3.09. The average molecular weight is 402 g/mol. The number of ether oxygens (including phenoxy) is 2. The van der Waals surface area contributed by atoms with E-state index in [4.69, 9.17) is 9.47 Å². The lowest BCUT2D eigenvalue weighted by Crippen LogP contribution is -2.49. The van der Waals surface area contributed by atoms with E-state index in [0.717, 1.165) is 57.2 Å². The number of rotatable bonds is 9. The van der Waals surface area contributed by atoms with Crippen molar-refractivity contribution in [2.45, 2.75) is 38.6 Å². The summed E-state index contributed by atoms with van der Waals surface area (Å²) in [6, 6.07) is 6.08. The van der Waals surface area contributed by atoms with Crippen LogP contribution in [0.1, 0.15) is 37.7 Å². The van der Waals surface area contributed by atoms with Crippen LogP contribution in [0.3, 0.4) is 0 Å². The normalized spacial score (nSPS) is 18.2. The molecule has 1 saturated heterocycles. The molecule has 0 bridgehead atoms. The zero-order chi connectivity index (χ0) is 20.5. The van der Waals surface area contributed by atoms with Crippen LogP contribution in [0, 0.1) is 0 Å². The number of hydrogen-bond acceptors (Lipinski definition) is 5. The third kappa shape index (κ3) is 6.75. The predicted octanol–water partition coefficient (Wildman–Crippen LogP) is 2.83. The first kappa shape index (κ1) is 21.7. The topological polar surface area (TPSA) is 54.0 Å². The number of hydrogen-bond donors (Lipinski definition) is 1. The fourth-order valence-electron chi connectivity index (χ4n) is 4.10. The van der Waals surface area contributed by atoms with Gasteiger partial charge < -0.3 is 14.8 Å². The second-order valence-corrected chi connectivity index (χ2v) is 7.95. The molecule has 1 heterocycles. The van der Waals surface area contributed by atoms with Gasteiger partial charge in [-0.15, -0.1) is 0 Å². The molecule has 6 heteroatoms. The third-order valence-corrected chi connectivity index (χ3v) is 5.84. The van der Waals surface area contributed by atoms with E-state index in [0.29, 0.717) is 6.54 Å². The van der Waals surface area contributed by atoms with Crippen molar-refractivity contribution in [3.63, 3.8) is 0 Å². The molecular formula is C23H35N3O3. The summed E-state index contributed by atoms with van der Waals surface area (Å²) >= 11 is 0. The minimum absolute atomic E-state index is 0.148. The maximum atomic E-state index is 12.2. The van der Waals surface area contributed by atoms with Crippen molar-refractivity contribution in [3.8, 4) is 11.5 Å². The zero-order valence-electron chi connectivity index (χ0n) is 17.9. The van der Waals surface area contributed by atoms with Gasteiger partial charge >= 0.3 is 0 Å². The first-order chi connectivity index (χ1) is 14.2. The van der Waals surface area contributed by atoms with Crippen LogP contribution in [-0.4, -0.2) is 69.2 Å². The third-order valence-electron chi connectivity index (χ3n) is 5.84. The number of allylic oxidation sites excluding steroid dienone is 1. The summed E-state index contributed by atoms with van der Waals surface area (Å²) in [5.74, 6) is 1.67. The van der Waals surface area contributed by atoms with Crippen LogP contribution in [0.25, 0.3) is 0 Å². The molecule has 1 fully saturated rings. The number of benzene rings is 1. The van der Waals surface area contributed by atoms with Crippen LogP contribution in [0.4, 0.5) is 0 Å². The second kappa shape index (κ2) is 11.2. The summed E-state index contributed by atoms with van der Waals surface area (Å²) in [7, 11) is 3.32. The fourth-order valence-corrected chi connectivity index (χ4v) is 4.10. The van der Waals surface area contributed by atoms with Gasteiger partial charge in [-0.1, -0.05) is 17.7 Å². The molecule has 1 aromatic rings. The molecule has 0 atom stereocenters. The Hall–Kier alpha value is -2.05. The van der Waals surface area contributed by atoms with Gasteiger partial charge in [0.1, 0.15) is 0 Å². The Morgan fingerprint density at radius 1 is 1.03 bits per heavy atom. The van der Waals surface area contributed by atoms with Gasteiger partial charge in [-0.3, -0.25) is 14.6 Å². The summed E-state index contributed by atoms with van der Waals surface area (Å²) in [6.45, 7) is 5.93. The van der Waals surface area contributed by atoms with Gasteiger partial charge in [-0.2, -0.15) is 0 Å². The molecule has 29 heavy (non-hydrogen) atoms. The molecule has 0 radical (unpaired) electrons. The van der Waals surface area contributed by atoms with Crippen molar-refractivity contribution in [1.29, 1.82) is 0 Å². The average Bonchev–Trinajstić information content (AvgIpc) is 2.76. The maximum absolute atomic E-state index is 12.2. The highest BCUT2D eigenvalue weighted by atomic mass is 16.5. The lowest BCUT2D eigenvalue weighted by atomic mass is 9.97. The first-order valence-corrected chi connectivity index (χ1v) is 10.8. The van der Waals surface area contributed by atoms with E-state index in [9.17, 15) is 4.79 Å². The summed E-state index contributed by atoms with van der Waals surface area (Å²) < 4.78 is 10.7. The Morgan fingerprint density at radius 3 is 2.48 bits per heavy atom. The predicted molar refractivity (Wildman–Crippen MR) is 115 cm³/mol. The van der Waals surface area contributed by atoms with Gasteiger partial charge in [0.2, 0.25) is 5.91 Å². The number of carbonyl (C=O) groups is 1. The van der Waals surface area contributed by atoms with Gasteiger partial charge in [0, 0.05) is 39.3 Å². The van der Waals surface area contributed by atoms with E-state index in [1.807, 2.05) is 12.1 Å². The quantitative estimate of drug-likeness (QED) is 0.645. The number of methoxy groups -OCH3 is 2. The molecule has 160 valence electrons. The monoisotopic (exact) mass is 401 g/mol. The van der Waals surface area contributed by atoms with E-state index in [1.165, 1.54) is 36.8 Å². The highest BCUT2D eigenvalue weighted by Crippen LogP contribution is 2.28. The van der Waals surface area contributed by atoms with Crippen molar-refractivity contribution in [1.82, 2.24) is 15.1 Å². The second-order valence-electron chi connectivity index (χ2n) is 7.95. The highest BCUT2D eigenvalue weighted by Gasteiger charge is 2.19. The van der Waals surface area contributed by atoms with Gasteiger partial charge in [0.25, 0.3) is 0 Å². The number of nitrogens with one attached hydrogen (secondary N) is 1. The number of amides is 1. The van der Waals surface area contributed by atoms with Gasteiger partial charge in [-0.05, 0) is 49.8 Å². The van der Waals surface area contributed by atoms with Crippen molar-refractivity contribution in [3.05, 3.63) is 35.4 Å². The Bertz CT molecular complexity index is 697. The SMILES string of the molecule is COc1ccc(CN2CCN(CC(=O)NCCC3=CCCCC3)CC2)cc1OC. The molecule has 6 nitrogen and oxygen atoms in total. The van der Waals surface area contributed by atoms with Crippen molar-refractivity contribution >= 4 is 5.91 Å². The largest absolute Gasteiger partial charge is 0.493 e. The van der Waals surface area contributed by atoms with Crippen molar-refractivity contribution < 1.29 is 14.3 Å². The lowest BCUT2D eigenvalue weighted by Gasteiger charge is -2.34. The molecule has 3 rings (SSSR count). The van der Waals surface area contributed by atoms with E-state index in [1.54, 1.807) is 14.2 Å². The highest BCUT2D eigenvalue weighted by molar-refractivity contribution is 5.78. The molecule has 2 aliphatic rings. The van der Waals surface area contributed by atoms with E-state index >= 15 is 0 Å². The van der Waals surface area contributed by atoms with Gasteiger partial charge in [0.05, 0.1) is 20.8 Å². The number of nitrogens with zero attached hydrogens (tertiary/aromatic N) is 2. The summed E-state index contributed by atoms with van der Waals surface area (Å²) in [5.41, 5.74) is 2.73. The lowest BCUT2D eigenvalue weighted by molar-refractivity contribution is -0.122. The molecule has 1 aliphatic heterocycles. The van der Waals surface area contributed by atoms with Crippen LogP contribution in [0.15, 0.2) is 29.8 Å². The van der Waals surface area contributed by atoms with Crippen molar-refractivity contribution in [2.75, 3.05) is 53.5 Å². The molecule has 1 aliphatic carbocycles. The molecule has 1 aromatic carbocycles. The van der Waals surface area contributed by atoms with Crippen LogP contribution >= 0.6 is 0 Å². The molecule has 0 spiro atoms. The Morgan fingerprint density at radius 2 is 1.79 bits per heavy atom. The van der Waals surface area contributed by atoms with Crippen LogP contribution < -0.4 is 14.8 Å². The summed E-state index contributed by atoms with van der Waals surface area (Å²) in [6.07, 6.45) is 8.38. The van der Waals surface area contributed by atoms with Crippen LogP contribution in [0.2, 0.25) is 0 Å². The molecule has 1 N–H and O–H groups in total. The molecule has 0 aromatic heterocycles. The van der Waals surface area contributed by atoms with Crippen LogP contribution in [-0.2, 0) is 11.3 Å².